The Bertz CT molecular complexity index is 834. The summed E-state index contributed by atoms with van der Waals surface area (Å²) < 4.78 is 5.88. The van der Waals surface area contributed by atoms with Gasteiger partial charge in [-0.2, -0.15) is 0 Å². The van der Waals surface area contributed by atoms with Crippen molar-refractivity contribution in [2.24, 2.45) is 0 Å². The van der Waals surface area contributed by atoms with Crippen molar-refractivity contribution >= 4 is 23.2 Å². The Hall–Kier alpha value is -2.00. The van der Waals surface area contributed by atoms with Crippen molar-refractivity contribution < 1.29 is 4.74 Å². The smallest absolute Gasteiger partial charge is 0.120 e. The second kappa shape index (κ2) is 9.63. The summed E-state index contributed by atoms with van der Waals surface area (Å²) in [6, 6.07) is 23.9. The van der Waals surface area contributed by atoms with Crippen LogP contribution >= 0.6 is 23.2 Å². The molecular formula is C22H21Cl2NO. The molecule has 26 heavy (non-hydrogen) atoms. The molecule has 0 saturated carbocycles. The molecule has 0 heterocycles. The molecule has 3 rings (SSSR count). The number of ether oxygens (including phenoxy) is 1. The minimum Gasteiger partial charge on any atom is -0.489 e. The highest BCUT2D eigenvalue weighted by atomic mass is 35.5. The maximum Gasteiger partial charge on any atom is 0.120 e. The van der Waals surface area contributed by atoms with E-state index >= 15 is 0 Å². The third kappa shape index (κ3) is 5.77. The van der Waals surface area contributed by atoms with Gasteiger partial charge >= 0.3 is 0 Å². The third-order valence-electron chi connectivity index (χ3n) is 4.08. The van der Waals surface area contributed by atoms with Crippen LogP contribution in [0.15, 0.2) is 72.8 Å². The Morgan fingerprint density at radius 1 is 0.808 bits per heavy atom. The first kappa shape index (κ1) is 18.8. The number of hydrogen-bond acceptors (Lipinski definition) is 2. The molecular weight excluding hydrogens is 365 g/mol. The van der Waals surface area contributed by atoms with Crippen LogP contribution in [0, 0.1) is 0 Å². The van der Waals surface area contributed by atoms with E-state index in [2.05, 4.69) is 29.6 Å². The highest BCUT2D eigenvalue weighted by molar-refractivity contribution is 6.31. The van der Waals surface area contributed by atoms with Crippen LogP contribution in [-0.4, -0.2) is 6.54 Å². The van der Waals surface area contributed by atoms with Crippen LogP contribution in [0.1, 0.15) is 16.7 Å². The van der Waals surface area contributed by atoms with E-state index in [4.69, 9.17) is 27.9 Å². The molecule has 4 heteroatoms. The van der Waals surface area contributed by atoms with Crippen LogP contribution in [-0.2, 0) is 19.6 Å². The van der Waals surface area contributed by atoms with Crippen LogP contribution in [0.2, 0.25) is 10.0 Å². The largest absolute Gasteiger partial charge is 0.489 e. The average Bonchev–Trinajstić information content (AvgIpc) is 2.66. The van der Waals surface area contributed by atoms with Gasteiger partial charge in [0.25, 0.3) is 0 Å². The van der Waals surface area contributed by atoms with E-state index in [0.717, 1.165) is 40.9 Å². The Balaban J connectivity index is 1.46. The third-order valence-corrected chi connectivity index (χ3v) is 4.70. The number of nitrogens with one attached hydrogen (secondary N) is 1. The molecule has 0 aliphatic heterocycles. The van der Waals surface area contributed by atoms with Gasteiger partial charge in [-0.3, -0.25) is 0 Å². The number of rotatable bonds is 8. The van der Waals surface area contributed by atoms with Gasteiger partial charge in [-0.25, -0.2) is 0 Å². The maximum absolute atomic E-state index is 6.17. The van der Waals surface area contributed by atoms with E-state index in [-0.39, 0.29) is 0 Å². The first-order valence-electron chi connectivity index (χ1n) is 8.61. The fourth-order valence-corrected chi connectivity index (χ4v) is 2.95. The van der Waals surface area contributed by atoms with Crippen molar-refractivity contribution in [1.29, 1.82) is 0 Å². The van der Waals surface area contributed by atoms with Gasteiger partial charge < -0.3 is 10.1 Å². The summed E-state index contributed by atoms with van der Waals surface area (Å²) >= 11 is 12.1. The summed E-state index contributed by atoms with van der Waals surface area (Å²) in [6.07, 6.45) is 0.972. The lowest BCUT2D eigenvalue weighted by atomic mass is 10.1. The average molecular weight is 386 g/mol. The van der Waals surface area contributed by atoms with Crippen LogP contribution in [0.4, 0.5) is 0 Å². The number of benzene rings is 3. The van der Waals surface area contributed by atoms with E-state index in [1.165, 1.54) is 11.1 Å². The predicted octanol–water partition coefficient (Wildman–Crippen LogP) is 5.90. The standard InChI is InChI=1S/C22H21Cl2NO/c23-20-10-8-17(9-11-20)12-13-25-15-18-4-3-6-21(14-18)26-16-19-5-1-2-7-22(19)24/h1-11,14,25H,12-13,15-16H2. The second-order valence-electron chi connectivity index (χ2n) is 6.08. The molecule has 3 aromatic carbocycles. The highest BCUT2D eigenvalue weighted by Crippen LogP contribution is 2.19. The van der Waals surface area contributed by atoms with Gasteiger partial charge in [-0.1, -0.05) is 65.7 Å². The van der Waals surface area contributed by atoms with Crippen molar-refractivity contribution in [2.75, 3.05) is 6.54 Å². The molecule has 3 aromatic rings. The maximum atomic E-state index is 6.17. The van der Waals surface area contributed by atoms with Crippen molar-refractivity contribution in [2.45, 2.75) is 19.6 Å². The Morgan fingerprint density at radius 3 is 2.42 bits per heavy atom. The summed E-state index contributed by atoms with van der Waals surface area (Å²) in [6.45, 7) is 2.18. The molecule has 0 atom stereocenters. The minimum atomic E-state index is 0.465. The molecule has 0 fully saturated rings. The zero-order valence-electron chi connectivity index (χ0n) is 14.4. The summed E-state index contributed by atoms with van der Waals surface area (Å²) in [4.78, 5) is 0. The molecule has 0 amide bonds. The number of halogens is 2. The van der Waals surface area contributed by atoms with E-state index in [9.17, 15) is 0 Å². The number of hydrogen-bond donors (Lipinski definition) is 1. The molecule has 1 N–H and O–H groups in total. The van der Waals surface area contributed by atoms with Gasteiger partial charge in [-0.05, 0) is 54.4 Å². The molecule has 134 valence electrons. The molecule has 2 nitrogen and oxygen atoms in total. The fraction of sp³-hybridized carbons (Fsp3) is 0.182. The van der Waals surface area contributed by atoms with Crippen molar-refractivity contribution in [3.8, 4) is 5.75 Å². The van der Waals surface area contributed by atoms with E-state index < -0.39 is 0 Å². The lowest BCUT2D eigenvalue weighted by molar-refractivity contribution is 0.306. The Labute approximate surface area is 164 Å². The monoisotopic (exact) mass is 385 g/mol. The summed E-state index contributed by atoms with van der Waals surface area (Å²) in [5.74, 6) is 0.849. The summed E-state index contributed by atoms with van der Waals surface area (Å²) in [5.41, 5.74) is 3.46. The molecule has 0 aliphatic rings. The Kier molecular flexibility index (Phi) is 6.96. The second-order valence-corrected chi connectivity index (χ2v) is 6.92. The minimum absolute atomic E-state index is 0.465. The fourth-order valence-electron chi connectivity index (χ4n) is 2.64. The van der Waals surface area contributed by atoms with Crippen molar-refractivity contribution in [3.63, 3.8) is 0 Å². The van der Waals surface area contributed by atoms with Gasteiger partial charge in [-0.15, -0.1) is 0 Å². The van der Waals surface area contributed by atoms with Gasteiger partial charge in [0, 0.05) is 22.2 Å². The summed E-state index contributed by atoms with van der Waals surface area (Å²) in [5, 5.41) is 4.97. The predicted molar refractivity (Wildman–Crippen MR) is 109 cm³/mol. The zero-order chi connectivity index (χ0) is 18.2. The van der Waals surface area contributed by atoms with Crippen molar-refractivity contribution in [3.05, 3.63) is 99.5 Å². The first-order valence-corrected chi connectivity index (χ1v) is 9.36. The SMILES string of the molecule is Clc1ccc(CCNCc2cccc(OCc3ccccc3Cl)c2)cc1. The first-order chi connectivity index (χ1) is 12.7. The van der Waals surface area contributed by atoms with Crippen LogP contribution in [0.3, 0.4) is 0 Å². The topological polar surface area (TPSA) is 21.3 Å². The van der Waals surface area contributed by atoms with Gasteiger partial charge in [0.2, 0.25) is 0 Å². The molecule has 0 radical (unpaired) electrons. The lowest BCUT2D eigenvalue weighted by Crippen LogP contribution is -2.16. The van der Waals surface area contributed by atoms with Gasteiger partial charge in [0.1, 0.15) is 12.4 Å². The quantitative estimate of drug-likeness (QED) is 0.487. The van der Waals surface area contributed by atoms with Gasteiger partial charge in [0.15, 0.2) is 0 Å². The molecule has 0 unspecified atom stereocenters. The zero-order valence-corrected chi connectivity index (χ0v) is 15.9. The van der Waals surface area contributed by atoms with E-state index in [1.807, 2.05) is 48.5 Å². The highest BCUT2D eigenvalue weighted by Gasteiger charge is 2.02. The summed E-state index contributed by atoms with van der Waals surface area (Å²) in [7, 11) is 0. The normalized spacial score (nSPS) is 10.7. The Morgan fingerprint density at radius 2 is 1.62 bits per heavy atom. The molecule has 0 bridgehead atoms. The van der Waals surface area contributed by atoms with Gasteiger partial charge in [0.05, 0.1) is 0 Å². The van der Waals surface area contributed by atoms with Crippen LogP contribution in [0.25, 0.3) is 0 Å². The van der Waals surface area contributed by atoms with Crippen molar-refractivity contribution in [1.82, 2.24) is 5.32 Å². The van der Waals surface area contributed by atoms with E-state index in [0.29, 0.717) is 6.61 Å². The van der Waals surface area contributed by atoms with E-state index in [1.54, 1.807) is 0 Å². The molecule has 0 aromatic heterocycles. The molecule has 0 spiro atoms. The van der Waals surface area contributed by atoms with Crippen LogP contribution in [0.5, 0.6) is 5.75 Å². The lowest BCUT2D eigenvalue weighted by Gasteiger charge is -2.10. The molecule has 0 aliphatic carbocycles. The molecule has 0 saturated heterocycles. The van der Waals surface area contributed by atoms with Crippen LogP contribution < -0.4 is 10.1 Å².